The fraction of sp³-hybridized carbons (Fsp3) is 0.111. The van der Waals surface area contributed by atoms with Crippen LogP contribution < -0.4 is 15.3 Å². The van der Waals surface area contributed by atoms with Gasteiger partial charge in [0.25, 0.3) is 0 Å². The lowest BCUT2D eigenvalue weighted by Crippen LogP contribution is -1.93. The van der Waals surface area contributed by atoms with Crippen molar-refractivity contribution in [1.29, 1.82) is 0 Å². The van der Waals surface area contributed by atoms with Crippen LogP contribution in [0.4, 0.5) is 0 Å². The van der Waals surface area contributed by atoms with Gasteiger partial charge in [-0.15, -0.1) is 37.0 Å². The van der Waals surface area contributed by atoms with E-state index < -0.39 is 0 Å². The highest BCUT2D eigenvalue weighted by atomic mass is 16.3. The lowest BCUT2D eigenvalue weighted by Gasteiger charge is -2.13. The standard InChI is InChI=1S/C18H12O6.3C3H6O/c19-13-1-7-8(2-14(13)20)10-4-17(23)18(24)6-12(10)11-5-16(22)15(21)3-9(7)11;3*1-3(2)4/h1-6,19-24H;3*4H,1H2,2H3/p-3. The summed E-state index contributed by atoms with van der Waals surface area (Å²) in [7, 11) is 0. The number of hydrogen-bond donors (Lipinski definition) is 6. The van der Waals surface area contributed by atoms with Crippen molar-refractivity contribution in [1.82, 2.24) is 0 Å². The van der Waals surface area contributed by atoms with Crippen molar-refractivity contribution in [2.75, 3.05) is 0 Å². The molecule has 0 unspecified atom stereocenters. The first-order valence-electron chi connectivity index (χ1n) is 10.2. The van der Waals surface area contributed by atoms with Crippen LogP contribution >= 0.6 is 0 Å². The van der Waals surface area contributed by atoms with Crippen LogP contribution in [0.15, 0.2) is 73.4 Å². The van der Waals surface area contributed by atoms with Gasteiger partial charge in [0.2, 0.25) is 0 Å². The zero-order valence-electron chi connectivity index (χ0n) is 20.0. The van der Waals surface area contributed by atoms with Gasteiger partial charge in [0, 0.05) is 0 Å². The molecule has 4 rings (SSSR count). The van der Waals surface area contributed by atoms with Crippen LogP contribution in [0.2, 0.25) is 0 Å². The van der Waals surface area contributed by atoms with Gasteiger partial charge in [0.05, 0.1) is 0 Å². The van der Waals surface area contributed by atoms with Gasteiger partial charge in [-0.2, -0.15) is 0 Å². The Morgan fingerprint density at radius 3 is 0.583 bits per heavy atom. The number of benzene rings is 4. The van der Waals surface area contributed by atoms with Crippen molar-refractivity contribution < 1.29 is 46.0 Å². The third kappa shape index (κ3) is 7.56. The molecular formula is C27H27O9-3. The normalized spacial score (nSPS) is 9.75. The van der Waals surface area contributed by atoms with E-state index in [0.717, 1.165) is 0 Å². The van der Waals surface area contributed by atoms with E-state index in [1.54, 1.807) is 0 Å². The molecule has 0 aliphatic rings. The second-order valence-corrected chi connectivity index (χ2v) is 7.77. The number of rotatable bonds is 0. The molecule has 0 amide bonds. The van der Waals surface area contributed by atoms with Crippen molar-refractivity contribution in [2.45, 2.75) is 20.8 Å². The van der Waals surface area contributed by atoms with Gasteiger partial charge in [-0.25, -0.2) is 0 Å². The largest absolute Gasteiger partial charge is 0.876 e. The van der Waals surface area contributed by atoms with Crippen LogP contribution in [0.3, 0.4) is 0 Å². The summed E-state index contributed by atoms with van der Waals surface area (Å²) < 4.78 is 0. The van der Waals surface area contributed by atoms with Crippen LogP contribution in [0.5, 0.6) is 34.5 Å². The Morgan fingerprint density at radius 1 is 0.417 bits per heavy atom. The molecule has 0 saturated heterocycles. The lowest BCUT2D eigenvalue weighted by molar-refractivity contribution is -0.301. The first-order chi connectivity index (χ1) is 16.6. The highest BCUT2D eigenvalue weighted by molar-refractivity contribution is 6.26. The molecule has 9 nitrogen and oxygen atoms in total. The summed E-state index contributed by atoms with van der Waals surface area (Å²) in [5.74, 6) is -2.26. The summed E-state index contributed by atoms with van der Waals surface area (Å²) >= 11 is 0. The Labute approximate surface area is 207 Å². The summed E-state index contributed by atoms with van der Waals surface area (Å²) in [6.45, 7) is 13.2. The number of phenolic OH excluding ortho intramolecular Hbond substituents is 6. The molecule has 9 heteroatoms. The number of fused-ring (bicyclic) bond motifs is 6. The monoisotopic (exact) mass is 495 g/mol. The molecule has 0 aliphatic heterocycles. The third-order valence-corrected chi connectivity index (χ3v) is 4.21. The van der Waals surface area contributed by atoms with Crippen molar-refractivity contribution in [3.8, 4) is 34.5 Å². The Hall–Kier alpha value is -4.92. The van der Waals surface area contributed by atoms with E-state index in [1.165, 1.54) is 57.2 Å². The smallest absolute Gasteiger partial charge is 0.158 e. The van der Waals surface area contributed by atoms with E-state index in [4.69, 9.17) is 0 Å². The molecule has 0 bridgehead atoms. The minimum Gasteiger partial charge on any atom is -0.876 e. The average Bonchev–Trinajstić information content (AvgIpc) is 2.71. The minimum atomic E-state index is -0.335. The van der Waals surface area contributed by atoms with E-state index in [1.807, 2.05) is 0 Å². The summed E-state index contributed by atoms with van der Waals surface area (Å²) in [5, 5.41) is 90.0. The predicted octanol–water partition coefficient (Wildman–Crippen LogP) is 3.02. The second-order valence-electron chi connectivity index (χ2n) is 7.77. The zero-order valence-corrected chi connectivity index (χ0v) is 20.0. The van der Waals surface area contributed by atoms with Crippen LogP contribution in [-0.2, 0) is 0 Å². The SMILES string of the molecule is C=C(C)[O-].C=C(C)[O-].C=C(C)[O-].Oc1cc2c3cc(O)c(O)cc3c3cc(O)c(O)cc3c2cc1O. The topological polar surface area (TPSA) is 191 Å². The maximum Gasteiger partial charge on any atom is 0.158 e. The van der Waals surface area contributed by atoms with Gasteiger partial charge in [-0.1, -0.05) is 20.8 Å². The van der Waals surface area contributed by atoms with Crippen LogP contribution in [0.1, 0.15) is 20.8 Å². The molecule has 4 aromatic rings. The van der Waals surface area contributed by atoms with E-state index in [2.05, 4.69) is 19.7 Å². The molecule has 0 radical (unpaired) electrons. The zero-order chi connectivity index (χ0) is 27.9. The Morgan fingerprint density at radius 2 is 0.500 bits per heavy atom. The number of aromatic hydroxyl groups is 6. The summed E-state index contributed by atoms with van der Waals surface area (Å²) in [6.07, 6.45) is 0. The molecule has 0 fully saturated rings. The van der Waals surface area contributed by atoms with Crippen LogP contribution in [0, 0.1) is 0 Å². The van der Waals surface area contributed by atoms with E-state index in [9.17, 15) is 46.0 Å². The Balaban J connectivity index is 0.000000456. The third-order valence-electron chi connectivity index (χ3n) is 4.21. The number of hydrogen-bond acceptors (Lipinski definition) is 9. The molecule has 6 N–H and O–H groups in total. The van der Waals surface area contributed by atoms with Crippen molar-refractivity contribution >= 4 is 32.3 Å². The Kier molecular flexibility index (Phi) is 9.69. The molecular weight excluding hydrogens is 468 g/mol. The van der Waals surface area contributed by atoms with Crippen molar-refractivity contribution in [3.63, 3.8) is 0 Å². The van der Waals surface area contributed by atoms with Crippen LogP contribution in [-0.4, -0.2) is 30.6 Å². The highest BCUT2D eigenvalue weighted by Gasteiger charge is 2.16. The van der Waals surface area contributed by atoms with Gasteiger partial charge in [-0.05, 0) is 68.7 Å². The van der Waals surface area contributed by atoms with E-state index in [0.29, 0.717) is 32.3 Å². The maximum atomic E-state index is 9.82. The van der Waals surface area contributed by atoms with Crippen LogP contribution in [0.25, 0.3) is 32.3 Å². The van der Waals surface area contributed by atoms with Gasteiger partial charge < -0.3 is 46.0 Å². The van der Waals surface area contributed by atoms with E-state index >= 15 is 0 Å². The quantitative estimate of drug-likeness (QED) is 0.121. The van der Waals surface area contributed by atoms with Gasteiger partial charge in [0.1, 0.15) is 0 Å². The molecule has 36 heavy (non-hydrogen) atoms. The molecule has 0 spiro atoms. The average molecular weight is 496 g/mol. The molecule has 192 valence electrons. The minimum absolute atomic E-state index is 0.0833. The molecule has 0 aliphatic carbocycles. The fourth-order valence-electron chi connectivity index (χ4n) is 3.07. The molecule has 0 aromatic heterocycles. The summed E-state index contributed by atoms with van der Waals surface area (Å²) in [5.41, 5.74) is 0. The van der Waals surface area contributed by atoms with E-state index in [-0.39, 0.29) is 51.8 Å². The van der Waals surface area contributed by atoms with Crippen molar-refractivity contribution in [3.05, 3.63) is 73.4 Å². The Bertz CT molecular complexity index is 1150. The second kappa shape index (κ2) is 12.0. The number of allylic oxidation sites excluding steroid dienone is 3. The van der Waals surface area contributed by atoms with Gasteiger partial charge in [0.15, 0.2) is 34.5 Å². The molecule has 4 aromatic carbocycles. The molecule has 0 saturated carbocycles. The summed E-state index contributed by atoms with van der Waals surface area (Å²) in [6, 6.07) is 8.04. The maximum absolute atomic E-state index is 9.82. The highest BCUT2D eigenvalue weighted by Crippen LogP contribution is 2.45. The molecule has 0 heterocycles. The first kappa shape index (κ1) is 29.1. The first-order valence-corrected chi connectivity index (χ1v) is 10.2. The number of phenols is 6. The summed E-state index contributed by atoms with van der Waals surface area (Å²) in [4.78, 5) is 0. The van der Waals surface area contributed by atoms with Gasteiger partial charge in [-0.3, -0.25) is 0 Å². The fourth-order valence-corrected chi connectivity index (χ4v) is 3.07. The lowest BCUT2D eigenvalue weighted by atomic mass is 9.93. The molecule has 0 atom stereocenters. The van der Waals surface area contributed by atoms with Gasteiger partial charge >= 0.3 is 0 Å². The predicted molar refractivity (Wildman–Crippen MR) is 133 cm³/mol. The van der Waals surface area contributed by atoms with Crippen molar-refractivity contribution in [2.24, 2.45) is 0 Å².